The van der Waals surface area contributed by atoms with E-state index >= 15 is 4.39 Å². The highest BCUT2D eigenvalue weighted by Gasteiger charge is 2.63. The molecule has 0 amide bonds. The van der Waals surface area contributed by atoms with E-state index < -0.39 is 23.3 Å². The number of carbonyl (C=O) groups excluding carboxylic acids is 2. The van der Waals surface area contributed by atoms with Crippen LogP contribution in [0.3, 0.4) is 0 Å². The first-order chi connectivity index (χ1) is 13.5. The fourth-order valence-corrected chi connectivity index (χ4v) is 4.63. The summed E-state index contributed by atoms with van der Waals surface area (Å²) in [6, 6.07) is 13.8. The van der Waals surface area contributed by atoms with Crippen molar-refractivity contribution in [2.45, 2.75) is 26.7 Å². The van der Waals surface area contributed by atoms with Gasteiger partial charge in [0.2, 0.25) is 0 Å². The molecule has 0 spiro atoms. The van der Waals surface area contributed by atoms with E-state index in [-0.39, 0.29) is 37.8 Å². The molecule has 2 unspecified atom stereocenters. The molecule has 146 valence electrons. The van der Waals surface area contributed by atoms with E-state index in [1.165, 1.54) is 0 Å². The Morgan fingerprint density at radius 3 is 2.21 bits per heavy atom. The van der Waals surface area contributed by atoms with E-state index in [0.29, 0.717) is 5.57 Å². The highest BCUT2D eigenvalue weighted by atomic mass is 19.1. The van der Waals surface area contributed by atoms with Gasteiger partial charge in [0, 0.05) is 5.92 Å². The Morgan fingerprint density at radius 2 is 1.57 bits per heavy atom. The van der Waals surface area contributed by atoms with Crippen LogP contribution in [0.25, 0.3) is 16.3 Å². The summed E-state index contributed by atoms with van der Waals surface area (Å²) in [4.78, 5) is 25.3. The summed E-state index contributed by atoms with van der Waals surface area (Å²) in [6.07, 6.45) is 0.336. The Labute approximate surface area is 163 Å². The van der Waals surface area contributed by atoms with Gasteiger partial charge in [-0.2, -0.15) is 0 Å². The molecule has 5 heteroatoms. The number of rotatable bonds is 5. The van der Waals surface area contributed by atoms with E-state index in [2.05, 4.69) is 0 Å². The standard InChI is InChI=1S/C23H23FO4/c1-3-27-21(25)23(22(26)28-4-2)12-17-18(13-23)20(24)19(17)16-10-9-14-7-5-6-8-15(14)11-16/h5-11,17-18H,3-4,12-13H2,1-2H3. The van der Waals surface area contributed by atoms with Crippen LogP contribution in [-0.2, 0) is 19.1 Å². The Bertz CT molecular complexity index is 959. The number of ether oxygens (including phenoxy) is 2. The quantitative estimate of drug-likeness (QED) is 0.557. The number of benzene rings is 2. The molecule has 0 aliphatic heterocycles. The number of allylic oxidation sites excluding steroid dienone is 2. The van der Waals surface area contributed by atoms with Crippen molar-refractivity contribution < 1.29 is 23.5 Å². The van der Waals surface area contributed by atoms with Crippen LogP contribution in [0, 0.1) is 17.3 Å². The van der Waals surface area contributed by atoms with Gasteiger partial charge in [0.1, 0.15) is 5.83 Å². The first-order valence-corrected chi connectivity index (χ1v) is 9.75. The molecule has 0 aromatic heterocycles. The molecule has 4 nitrogen and oxygen atoms in total. The Balaban J connectivity index is 1.67. The summed E-state index contributed by atoms with van der Waals surface area (Å²) >= 11 is 0. The largest absolute Gasteiger partial charge is 0.465 e. The predicted octanol–water partition coefficient (Wildman–Crippen LogP) is 4.67. The van der Waals surface area contributed by atoms with Crippen molar-refractivity contribution in [3.05, 3.63) is 53.9 Å². The minimum Gasteiger partial charge on any atom is -0.465 e. The maximum Gasteiger partial charge on any atom is 0.323 e. The van der Waals surface area contributed by atoms with Gasteiger partial charge in [-0.1, -0.05) is 36.4 Å². The highest BCUT2D eigenvalue weighted by Crippen LogP contribution is 2.62. The van der Waals surface area contributed by atoms with Crippen LogP contribution < -0.4 is 0 Å². The average Bonchev–Trinajstić information content (AvgIpc) is 3.05. The average molecular weight is 382 g/mol. The van der Waals surface area contributed by atoms with Crippen LogP contribution in [0.1, 0.15) is 32.3 Å². The first kappa shape index (κ1) is 18.7. The Hall–Kier alpha value is -2.69. The minimum absolute atomic E-state index is 0.109. The summed E-state index contributed by atoms with van der Waals surface area (Å²) in [7, 11) is 0. The third-order valence-corrected chi connectivity index (χ3v) is 5.97. The molecule has 2 aliphatic carbocycles. The van der Waals surface area contributed by atoms with Crippen molar-refractivity contribution in [3.8, 4) is 0 Å². The van der Waals surface area contributed by atoms with Crippen molar-refractivity contribution in [2.75, 3.05) is 13.2 Å². The van der Waals surface area contributed by atoms with Crippen LogP contribution in [0.15, 0.2) is 48.3 Å². The zero-order valence-electron chi connectivity index (χ0n) is 16.0. The molecular formula is C23H23FO4. The summed E-state index contributed by atoms with van der Waals surface area (Å²) in [5.41, 5.74) is -0.00992. The van der Waals surface area contributed by atoms with Gasteiger partial charge in [-0.3, -0.25) is 9.59 Å². The molecule has 0 heterocycles. The lowest BCUT2D eigenvalue weighted by Gasteiger charge is -2.33. The van der Waals surface area contributed by atoms with E-state index in [9.17, 15) is 9.59 Å². The molecule has 4 rings (SSSR count). The van der Waals surface area contributed by atoms with Gasteiger partial charge in [-0.15, -0.1) is 0 Å². The van der Waals surface area contributed by atoms with Gasteiger partial charge in [0.15, 0.2) is 5.41 Å². The second-order valence-electron chi connectivity index (χ2n) is 7.47. The molecule has 0 saturated heterocycles. The van der Waals surface area contributed by atoms with Crippen molar-refractivity contribution in [3.63, 3.8) is 0 Å². The van der Waals surface area contributed by atoms with Crippen LogP contribution in [-0.4, -0.2) is 25.2 Å². The van der Waals surface area contributed by atoms with Crippen molar-refractivity contribution in [1.82, 2.24) is 0 Å². The number of halogens is 1. The molecule has 1 saturated carbocycles. The van der Waals surface area contributed by atoms with Gasteiger partial charge in [-0.05, 0) is 60.6 Å². The second-order valence-corrected chi connectivity index (χ2v) is 7.47. The molecule has 2 aromatic rings. The first-order valence-electron chi connectivity index (χ1n) is 9.75. The van der Waals surface area contributed by atoms with Crippen molar-refractivity contribution in [2.24, 2.45) is 17.3 Å². The minimum atomic E-state index is -1.42. The zero-order chi connectivity index (χ0) is 19.9. The normalized spacial score (nSPS) is 22.5. The number of hydrogen-bond acceptors (Lipinski definition) is 4. The van der Waals surface area contributed by atoms with Crippen molar-refractivity contribution in [1.29, 1.82) is 0 Å². The number of fused-ring (bicyclic) bond motifs is 2. The van der Waals surface area contributed by atoms with Crippen LogP contribution in [0.2, 0.25) is 0 Å². The molecule has 1 fully saturated rings. The fraction of sp³-hybridized carbons (Fsp3) is 0.391. The molecule has 0 N–H and O–H groups in total. The van der Waals surface area contributed by atoms with Crippen LogP contribution >= 0.6 is 0 Å². The summed E-state index contributed by atoms with van der Waals surface area (Å²) in [5, 5.41) is 2.12. The number of carbonyl (C=O) groups is 2. The summed E-state index contributed by atoms with van der Waals surface area (Å²) < 4.78 is 25.4. The lowest BCUT2D eigenvalue weighted by Crippen LogP contribution is -2.40. The van der Waals surface area contributed by atoms with E-state index in [4.69, 9.17) is 9.47 Å². The molecule has 28 heavy (non-hydrogen) atoms. The van der Waals surface area contributed by atoms with Gasteiger partial charge >= 0.3 is 11.9 Å². The number of hydrogen-bond donors (Lipinski definition) is 0. The van der Waals surface area contributed by atoms with Gasteiger partial charge < -0.3 is 9.47 Å². The monoisotopic (exact) mass is 382 g/mol. The van der Waals surface area contributed by atoms with E-state index in [1.807, 2.05) is 42.5 Å². The third-order valence-electron chi connectivity index (χ3n) is 5.97. The lowest BCUT2D eigenvalue weighted by atomic mass is 9.72. The van der Waals surface area contributed by atoms with E-state index in [0.717, 1.165) is 16.3 Å². The molecule has 2 aromatic carbocycles. The molecule has 2 aliphatic rings. The van der Waals surface area contributed by atoms with Crippen LogP contribution in [0.5, 0.6) is 0 Å². The van der Waals surface area contributed by atoms with Gasteiger partial charge in [-0.25, -0.2) is 4.39 Å². The summed E-state index contributed by atoms with van der Waals surface area (Å²) in [5.74, 6) is -2.05. The van der Waals surface area contributed by atoms with Crippen molar-refractivity contribution >= 4 is 28.3 Å². The Morgan fingerprint density at radius 1 is 0.964 bits per heavy atom. The molecule has 0 bridgehead atoms. The topological polar surface area (TPSA) is 52.6 Å². The highest BCUT2D eigenvalue weighted by molar-refractivity contribution is 6.02. The Kier molecular flexibility index (Phi) is 4.69. The number of esters is 2. The SMILES string of the molecule is CCOC(=O)C1(C(=O)OCC)CC2C(F)=C(c3ccc4ccccc4c3)C2C1. The van der Waals surface area contributed by atoms with Gasteiger partial charge in [0.25, 0.3) is 0 Å². The lowest BCUT2D eigenvalue weighted by molar-refractivity contribution is -0.171. The molecule has 0 radical (unpaired) electrons. The molecular weight excluding hydrogens is 359 g/mol. The van der Waals surface area contributed by atoms with Gasteiger partial charge in [0.05, 0.1) is 13.2 Å². The third kappa shape index (κ3) is 2.72. The molecule has 2 atom stereocenters. The zero-order valence-corrected chi connectivity index (χ0v) is 16.0. The maximum absolute atomic E-state index is 15.0. The van der Waals surface area contributed by atoms with E-state index in [1.54, 1.807) is 13.8 Å². The maximum atomic E-state index is 15.0. The fourth-order valence-electron chi connectivity index (χ4n) is 4.63. The summed E-state index contributed by atoms with van der Waals surface area (Å²) in [6.45, 7) is 3.73. The predicted molar refractivity (Wildman–Crippen MR) is 104 cm³/mol. The smallest absolute Gasteiger partial charge is 0.323 e. The second kappa shape index (κ2) is 7.04. The van der Waals surface area contributed by atoms with Crippen LogP contribution in [0.4, 0.5) is 4.39 Å².